The lowest BCUT2D eigenvalue weighted by molar-refractivity contribution is 0.120. The largest absolute Gasteiger partial charge is 0.423 e. The number of piperidine rings is 1. The second-order valence-electron chi connectivity index (χ2n) is 5.80. The molecule has 0 aliphatic carbocycles. The Labute approximate surface area is 124 Å². The van der Waals surface area contributed by atoms with Crippen molar-refractivity contribution in [2.75, 3.05) is 49.2 Å². The number of rotatable bonds is 2. The molecular formula is C16H21N3O2. The van der Waals surface area contributed by atoms with Crippen LogP contribution in [0, 0.1) is 0 Å². The molecule has 2 saturated heterocycles. The minimum atomic E-state index is 0.726. The minimum Gasteiger partial charge on any atom is -0.423 e. The molecule has 4 rings (SSSR count). The van der Waals surface area contributed by atoms with E-state index in [-0.39, 0.29) is 0 Å². The standard InChI is InChI=1S/C16H21N3O2/c1-2-6-18(7-3-1)13-4-5-15-14(12-13)17-16(21-15)19-8-10-20-11-9-19/h4-5,12H,1-3,6-11H2. The van der Waals surface area contributed by atoms with Gasteiger partial charge in [-0.05, 0) is 37.5 Å². The zero-order chi connectivity index (χ0) is 14.1. The average molecular weight is 287 g/mol. The van der Waals surface area contributed by atoms with Crippen LogP contribution in [-0.2, 0) is 4.74 Å². The SMILES string of the molecule is c1cc2oc(N3CCOCC3)nc2cc1N1CCCCC1. The third-order valence-electron chi connectivity index (χ3n) is 4.36. The van der Waals surface area contributed by atoms with Crippen molar-refractivity contribution >= 4 is 22.8 Å². The zero-order valence-electron chi connectivity index (χ0n) is 12.3. The van der Waals surface area contributed by atoms with Gasteiger partial charge in [-0.15, -0.1) is 0 Å². The van der Waals surface area contributed by atoms with Gasteiger partial charge < -0.3 is 19.0 Å². The molecule has 0 atom stereocenters. The monoisotopic (exact) mass is 287 g/mol. The predicted molar refractivity (Wildman–Crippen MR) is 83.1 cm³/mol. The first-order valence-electron chi connectivity index (χ1n) is 7.88. The number of aromatic nitrogens is 1. The number of anilines is 2. The normalized spacial score (nSPS) is 20.2. The number of morpholine rings is 1. The topological polar surface area (TPSA) is 41.7 Å². The van der Waals surface area contributed by atoms with Crippen LogP contribution in [-0.4, -0.2) is 44.4 Å². The first-order chi connectivity index (χ1) is 10.4. The maximum atomic E-state index is 5.89. The first-order valence-corrected chi connectivity index (χ1v) is 7.88. The van der Waals surface area contributed by atoms with Gasteiger partial charge in [0.1, 0.15) is 5.52 Å². The number of oxazole rings is 1. The molecule has 2 aromatic rings. The van der Waals surface area contributed by atoms with Crippen molar-refractivity contribution in [2.24, 2.45) is 0 Å². The molecule has 0 unspecified atom stereocenters. The molecule has 0 N–H and O–H groups in total. The summed E-state index contributed by atoms with van der Waals surface area (Å²) in [6, 6.07) is 7.09. The van der Waals surface area contributed by atoms with Gasteiger partial charge in [-0.1, -0.05) is 0 Å². The highest BCUT2D eigenvalue weighted by atomic mass is 16.5. The molecule has 3 heterocycles. The molecule has 0 radical (unpaired) electrons. The molecule has 21 heavy (non-hydrogen) atoms. The van der Waals surface area contributed by atoms with Gasteiger partial charge >= 0.3 is 0 Å². The van der Waals surface area contributed by atoms with Crippen molar-refractivity contribution in [1.29, 1.82) is 0 Å². The number of hydrogen-bond acceptors (Lipinski definition) is 5. The fourth-order valence-electron chi connectivity index (χ4n) is 3.14. The highest BCUT2D eigenvalue weighted by molar-refractivity contribution is 5.79. The van der Waals surface area contributed by atoms with Crippen LogP contribution in [0.5, 0.6) is 0 Å². The molecule has 1 aromatic heterocycles. The van der Waals surface area contributed by atoms with E-state index in [0.717, 1.165) is 56.5 Å². The van der Waals surface area contributed by atoms with Gasteiger partial charge in [0.2, 0.25) is 0 Å². The Morgan fingerprint density at radius 1 is 0.905 bits per heavy atom. The van der Waals surface area contributed by atoms with E-state index in [1.165, 1.54) is 24.9 Å². The van der Waals surface area contributed by atoms with Gasteiger partial charge in [0, 0.05) is 31.9 Å². The van der Waals surface area contributed by atoms with Crippen LogP contribution in [0.15, 0.2) is 22.6 Å². The minimum absolute atomic E-state index is 0.726. The number of ether oxygens (including phenoxy) is 1. The lowest BCUT2D eigenvalue weighted by Crippen LogP contribution is -2.36. The highest BCUT2D eigenvalue weighted by Crippen LogP contribution is 2.28. The van der Waals surface area contributed by atoms with Crippen LogP contribution in [0.25, 0.3) is 11.1 Å². The molecular weight excluding hydrogens is 266 g/mol. The molecule has 5 heteroatoms. The predicted octanol–water partition coefficient (Wildman–Crippen LogP) is 2.65. The number of fused-ring (bicyclic) bond motifs is 1. The number of hydrogen-bond donors (Lipinski definition) is 0. The number of nitrogens with zero attached hydrogens (tertiary/aromatic N) is 3. The summed E-state index contributed by atoms with van der Waals surface area (Å²) in [4.78, 5) is 9.28. The smallest absolute Gasteiger partial charge is 0.298 e. The fraction of sp³-hybridized carbons (Fsp3) is 0.562. The van der Waals surface area contributed by atoms with Crippen LogP contribution < -0.4 is 9.80 Å². The van der Waals surface area contributed by atoms with E-state index < -0.39 is 0 Å². The molecule has 2 aliphatic heterocycles. The summed E-state index contributed by atoms with van der Waals surface area (Å²) in [5.41, 5.74) is 3.10. The molecule has 1 aromatic carbocycles. The van der Waals surface area contributed by atoms with Crippen molar-refractivity contribution < 1.29 is 9.15 Å². The Bertz CT molecular complexity index is 597. The first kappa shape index (κ1) is 13.0. The summed E-state index contributed by atoms with van der Waals surface area (Å²) in [5, 5.41) is 0. The van der Waals surface area contributed by atoms with Gasteiger partial charge in [-0.25, -0.2) is 0 Å². The molecule has 2 fully saturated rings. The zero-order valence-corrected chi connectivity index (χ0v) is 12.3. The fourth-order valence-corrected chi connectivity index (χ4v) is 3.14. The lowest BCUT2D eigenvalue weighted by atomic mass is 10.1. The molecule has 0 amide bonds. The molecule has 0 saturated carbocycles. The van der Waals surface area contributed by atoms with Gasteiger partial charge in [0.05, 0.1) is 13.2 Å². The molecule has 5 nitrogen and oxygen atoms in total. The molecule has 2 aliphatic rings. The van der Waals surface area contributed by atoms with Crippen LogP contribution in [0.4, 0.5) is 11.7 Å². The van der Waals surface area contributed by atoms with Crippen molar-refractivity contribution in [3.8, 4) is 0 Å². The Kier molecular flexibility index (Phi) is 3.43. The quantitative estimate of drug-likeness (QED) is 0.849. The van der Waals surface area contributed by atoms with Crippen molar-refractivity contribution in [3.05, 3.63) is 18.2 Å². The van der Waals surface area contributed by atoms with Crippen LogP contribution >= 0.6 is 0 Å². The molecule has 0 spiro atoms. The van der Waals surface area contributed by atoms with E-state index in [2.05, 4.69) is 33.0 Å². The second-order valence-corrected chi connectivity index (χ2v) is 5.80. The Hall–Kier alpha value is -1.75. The number of benzene rings is 1. The Morgan fingerprint density at radius 3 is 2.52 bits per heavy atom. The van der Waals surface area contributed by atoms with Gasteiger partial charge in [-0.2, -0.15) is 4.98 Å². The molecule has 112 valence electrons. The molecule has 0 bridgehead atoms. The summed E-state index contributed by atoms with van der Waals surface area (Å²) >= 11 is 0. The second kappa shape index (κ2) is 5.56. The van der Waals surface area contributed by atoms with Crippen LogP contribution in [0.1, 0.15) is 19.3 Å². The highest BCUT2D eigenvalue weighted by Gasteiger charge is 2.18. The van der Waals surface area contributed by atoms with Crippen molar-refractivity contribution in [2.45, 2.75) is 19.3 Å². The maximum absolute atomic E-state index is 5.89. The van der Waals surface area contributed by atoms with Crippen LogP contribution in [0.3, 0.4) is 0 Å². The summed E-state index contributed by atoms with van der Waals surface area (Å²) < 4.78 is 11.3. The summed E-state index contributed by atoms with van der Waals surface area (Å²) in [6.45, 7) is 5.51. The van der Waals surface area contributed by atoms with Crippen LogP contribution in [0.2, 0.25) is 0 Å². The Balaban J connectivity index is 1.61. The maximum Gasteiger partial charge on any atom is 0.298 e. The van der Waals surface area contributed by atoms with E-state index in [9.17, 15) is 0 Å². The van der Waals surface area contributed by atoms with E-state index >= 15 is 0 Å². The van der Waals surface area contributed by atoms with Gasteiger partial charge in [0.25, 0.3) is 6.01 Å². The van der Waals surface area contributed by atoms with Crippen molar-refractivity contribution in [3.63, 3.8) is 0 Å². The third-order valence-corrected chi connectivity index (χ3v) is 4.36. The summed E-state index contributed by atoms with van der Waals surface area (Å²) in [7, 11) is 0. The van der Waals surface area contributed by atoms with E-state index in [0.29, 0.717) is 0 Å². The van der Waals surface area contributed by atoms with E-state index in [1.807, 2.05) is 0 Å². The van der Waals surface area contributed by atoms with Gasteiger partial charge in [0.15, 0.2) is 5.58 Å². The summed E-state index contributed by atoms with van der Waals surface area (Å²) in [6.07, 6.45) is 3.93. The average Bonchev–Trinajstić information content (AvgIpc) is 2.99. The van der Waals surface area contributed by atoms with Crippen molar-refractivity contribution in [1.82, 2.24) is 4.98 Å². The lowest BCUT2D eigenvalue weighted by Gasteiger charge is -2.28. The van der Waals surface area contributed by atoms with Gasteiger partial charge in [-0.3, -0.25) is 0 Å². The summed E-state index contributed by atoms with van der Waals surface area (Å²) in [5.74, 6) is 0. The Morgan fingerprint density at radius 2 is 1.71 bits per heavy atom. The third kappa shape index (κ3) is 2.58. The van der Waals surface area contributed by atoms with E-state index in [1.54, 1.807) is 0 Å². The van der Waals surface area contributed by atoms with E-state index in [4.69, 9.17) is 9.15 Å².